The molecule has 1 aromatic carbocycles. The lowest BCUT2D eigenvalue weighted by Gasteiger charge is -2.36. The number of aryl methyl sites for hydroxylation is 1. The second-order valence-corrected chi connectivity index (χ2v) is 5.60. The molecule has 1 N–H and O–H groups in total. The van der Waals surface area contributed by atoms with Crippen LogP contribution in [0.2, 0.25) is 0 Å². The number of hydrogen-bond donors (Lipinski definition) is 1. The summed E-state index contributed by atoms with van der Waals surface area (Å²) >= 11 is 3.39. The summed E-state index contributed by atoms with van der Waals surface area (Å²) in [5.74, 6) is -0.104. The Morgan fingerprint density at radius 2 is 2.26 bits per heavy atom. The highest BCUT2D eigenvalue weighted by Crippen LogP contribution is 2.22. The maximum absolute atomic E-state index is 12.5. The van der Waals surface area contributed by atoms with Crippen LogP contribution in [-0.4, -0.2) is 46.5 Å². The van der Waals surface area contributed by atoms with Crippen LogP contribution in [0.15, 0.2) is 18.2 Å². The Bertz CT molecular complexity index is 478. The van der Waals surface area contributed by atoms with Crippen molar-refractivity contribution in [3.05, 3.63) is 29.3 Å². The molecule has 104 valence electrons. The molecule has 1 heterocycles. The fraction of sp³-hybridized carbons (Fsp3) is 0.500. The van der Waals surface area contributed by atoms with Gasteiger partial charge in [0.25, 0.3) is 5.91 Å². The maximum Gasteiger partial charge on any atom is 0.257 e. The number of rotatable bonds is 2. The Balaban J connectivity index is 2.21. The van der Waals surface area contributed by atoms with E-state index in [2.05, 4.69) is 15.9 Å². The molecule has 2 atom stereocenters. The second kappa shape index (κ2) is 5.92. The van der Waals surface area contributed by atoms with Crippen LogP contribution >= 0.6 is 15.9 Å². The standard InChI is InChI=1S/C14H18BrNO3/c1-9-3-4-13(17)12(5-9)14(18)16-7-10(2)19-11(6-15)8-16/h3-5,10-11,17H,6-8H2,1-2H3. The first-order chi connectivity index (χ1) is 9.01. The molecule has 19 heavy (non-hydrogen) atoms. The number of alkyl halides is 1. The minimum atomic E-state index is -0.137. The van der Waals surface area contributed by atoms with Crippen molar-refractivity contribution < 1.29 is 14.6 Å². The molecule has 2 unspecified atom stereocenters. The lowest BCUT2D eigenvalue weighted by Crippen LogP contribution is -2.49. The Labute approximate surface area is 121 Å². The molecular formula is C14H18BrNO3. The van der Waals surface area contributed by atoms with Gasteiger partial charge in [-0.1, -0.05) is 27.6 Å². The summed E-state index contributed by atoms with van der Waals surface area (Å²) in [5, 5.41) is 10.5. The normalized spacial score (nSPS) is 23.4. The van der Waals surface area contributed by atoms with Gasteiger partial charge >= 0.3 is 0 Å². The smallest absolute Gasteiger partial charge is 0.257 e. The van der Waals surface area contributed by atoms with Gasteiger partial charge < -0.3 is 14.7 Å². The summed E-state index contributed by atoms with van der Waals surface area (Å²) < 4.78 is 5.70. The molecule has 1 aliphatic rings. The van der Waals surface area contributed by atoms with Gasteiger partial charge in [0.2, 0.25) is 0 Å². The predicted molar refractivity (Wildman–Crippen MR) is 76.9 cm³/mol. The third-order valence-electron chi connectivity index (χ3n) is 3.17. The highest BCUT2D eigenvalue weighted by atomic mass is 79.9. The van der Waals surface area contributed by atoms with Gasteiger partial charge in [0.05, 0.1) is 17.8 Å². The van der Waals surface area contributed by atoms with Gasteiger partial charge in [-0.25, -0.2) is 0 Å². The van der Waals surface area contributed by atoms with Gasteiger partial charge in [-0.15, -0.1) is 0 Å². The minimum absolute atomic E-state index is 0.000322. The molecule has 0 aromatic heterocycles. The first-order valence-corrected chi connectivity index (χ1v) is 7.43. The molecule has 0 bridgehead atoms. The van der Waals surface area contributed by atoms with Crippen LogP contribution in [0.3, 0.4) is 0 Å². The van der Waals surface area contributed by atoms with Crippen molar-refractivity contribution in [2.75, 3.05) is 18.4 Å². The third kappa shape index (κ3) is 3.28. The van der Waals surface area contributed by atoms with Crippen molar-refractivity contribution in [3.8, 4) is 5.75 Å². The molecule has 1 fully saturated rings. The zero-order valence-electron chi connectivity index (χ0n) is 11.1. The fourth-order valence-corrected chi connectivity index (χ4v) is 2.65. The average Bonchev–Trinajstić information content (AvgIpc) is 2.40. The third-order valence-corrected chi connectivity index (χ3v) is 3.89. The van der Waals surface area contributed by atoms with E-state index in [1.54, 1.807) is 23.1 Å². The van der Waals surface area contributed by atoms with E-state index < -0.39 is 0 Å². The van der Waals surface area contributed by atoms with Crippen LogP contribution in [0, 0.1) is 6.92 Å². The number of hydrogen-bond acceptors (Lipinski definition) is 3. The number of carbonyl (C=O) groups is 1. The zero-order chi connectivity index (χ0) is 14.0. The summed E-state index contributed by atoms with van der Waals surface area (Å²) in [5.41, 5.74) is 1.32. The number of phenols is 1. The Morgan fingerprint density at radius 1 is 1.53 bits per heavy atom. The predicted octanol–water partition coefficient (Wildman–Crippen LogP) is 2.33. The van der Waals surface area contributed by atoms with Crippen molar-refractivity contribution in [3.63, 3.8) is 0 Å². The van der Waals surface area contributed by atoms with E-state index in [1.807, 2.05) is 13.8 Å². The van der Waals surface area contributed by atoms with Crippen molar-refractivity contribution in [1.82, 2.24) is 4.90 Å². The molecule has 5 heteroatoms. The molecule has 1 saturated heterocycles. The number of aromatic hydroxyl groups is 1. The van der Waals surface area contributed by atoms with Crippen LogP contribution < -0.4 is 0 Å². The molecule has 0 radical (unpaired) electrons. The fourth-order valence-electron chi connectivity index (χ4n) is 2.29. The topological polar surface area (TPSA) is 49.8 Å². The van der Waals surface area contributed by atoms with E-state index in [4.69, 9.17) is 4.74 Å². The summed E-state index contributed by atoms with van der Waals surface area (Å²) in [4.78, 5) is 14.2. The number of ether oxygens (including phenoxy) is 1. The quantitative estimate of drug-likeness (QED) is 0.848. The van der Waals surface area contributed by atoms with Crippen molar-refractivity contribution in [2.45, 2.75) is 26.1 Å². The van der Waals surface area contributed by atoms with Gasteiger partial charge in [0, 0.05) is 18.4 Å². The summed E-state index contributed by atoms with van der Waals surface area (Å²) in [7, 11) is 0. The number of halogens is 1. The molecule has 0 saturated carbocycles. The molecule has 0 aliphatic carbocycles. The Hall–Kier alpha value is -1.07. The Kier molecular flexibility index (Phi) is 4.47. The minimum Gasteiger partial charge on any atom is -0.507 e. The molecule has 1 aromatic rings. The molecule has 2 rings (SSSR count). The monoisotopic (exact) mass is 327 g/mol. The first kappa shape index (κ1) is 14.3. The van der Waals surface area contributed by atoms with Crippen LogP contribution in [0.1, 0.15) is 22.8 Å². The van der Waals surface area contributed by atoms with Crippen molar-refractivity contribution in [1.29, 1.82) is 0 Å². The van der Waals surface area contributed by atoms with Gasteiger partial charge in [-0.2, -0.15) is 0 Å². The zero-order valence-corrected chi connectivity index (χ0v) is 12.7. The van der Waals surface area contributed by atoms with Crippen molar-refractivity contribution in [2.24, 2.45) is 0 Å². The van der Waals surface area contributed by atoms with Crippen LogP contribution in [0.4, 0.5) is 0 Å². The number of morpholine rings is 1. The van der Waals surface area contributed by atoms with Crippen LogP contribution in [0.25, 0.3) is 0 Å². The first-order valence-electron chi connectivity index (χ1n) is 6.31. The number of amides is 1. The number of carbonyl (C=O) groups excluding carboxylic acids is 1. The van der Waals surface area contributed by atoms with E-state index in [0.29, 0.717) is 24.0 Å². The SMILES string of the molecule is Cc1ccc(O)c(C(=O)N2CC(C)OC(CBr)C2)c1. The molecule has 1 amide bonds. The molecule has 1 aliphatic heterocycles. The maximum atomic E-state index is 12.5. The molecular weight excluding hydrogens is 310 g/mol. The highest BCUT2D eigenvalue weighted by molar-refractivity contribution is 9.09. The average molecular weight is 328 g/mol. The van der Waals surface area contributed by atoms with Gasteiger partial charge in [0.15, 0.2) is 0 Å². The van der Waals surface area contributed by atoms with Gasteiger partial charge in [0.1, 0.15) is 5.75 Å². The van der Waals surface area contributed by atoms with Gasteiger partial charge in [-0.3, -0.25) is 4.79 Å². The van der Waals surface area contributed by atoms with E-state index in [1.165, 1.54) is 0 Å². The van der Waals surface area contributed by atoms with E-state index in [9.17, 15) is 9.90 Å². The van der Waals surface area contributed by atoms with Crippen LogP contribution in [0.5, 0.6) is 5.75 Å². The van der Waals surface area contributed by atoms with E-state index in [-0.39, 0.29) is 23.9 Å². The Morgan fingerprint density at radius 3 is 2.95 bits per heavy atom. The van der Waals surface area contributed by atoms with E-state index >= 15 is 0 Å². The lowest BCUT2D eigenvalue weighted by molar-refractivity contribution is -0.0560. The number of phenolic OH excluding ortho intramolecular Hbond substituents is 1. The highest BCUT2D eigenvalue weighted by Gasteiger charge is 2.29. The molecule has 0 spiro atoms. The van der Waals surface area contributed by atoms with Crippen molar-refractivity contribution >= 4 is 21.8 Å². The summed E-state index contributed by atoms with van der Waals surface area (Å²) in [6.07, 6.45) is 0.00635. The largest absolute Gasteiger partial charge is 0.507 e. The summed E-state index contributed by atoms with van der Waals surface area (Å²) in [6.45, 7) is 4.95. The lowest BCUT2D eigenvalue weighted by atomic mass is 10.1. The number of nitrogens with zero attached hydrogens (tertiary/aromatic N) is 1. The molecule has 4 nitrogen and oxygen atoms in total. The number of benzene rings is 1. The summed E-state index contributed by atoms with van der Waals surface area (Å²) in [6, 6.07) is 5.07. The van der Waals surface area contributed by atoms with E-state index in [0.717, 1.165) is 5.56 Å². The second-order valence-electron chi connectivity index (χ2n) is 4.95. The van der Waals surface area contributed by atoms with Crippen LogP contribution in [-0.2, 0) is 4.74 Å². The van der Waals surface area contributed by atoms with Gasteiger partial charge in [-0.05, 0) is 26.0 Å².